The van der Waals surface area contributed by atoms with Crippen molar-refractivity contribution in [1.82, 2.24) is 4.98 Å². The van der Waals surface area contributed by atoms with Gasteiger partial charge in [0.05, 0.1) is 12.3 Å². The summed E-state index contributed by atoms with van der Waals surface area (Å²) in [5.41, 5.74) is 2.63. The van der Waals surface area contributed by atoms with E-state index < -0.39 is 6.10 Å². The van der Waals surface area contributed by atoms with Crippen molar-refractivity contribution in [2.24, 2.45) is 0 Å². The standard InChI is InChI=1S/C16H18BrNO2/c1-10(2)20-14-7-12(8-18-9-14)16(19)15-5-4-13(17)6-11(15)3/h4-10,16,19H,1-3H3. The molecule has 1 unspecified atom stereocenters. The van der Waals surface area contributed by atoms with Crippen LogP contribution in [0.4, 0.5) is 0 Å². The van der Waals surface area contributed by atoms with Gasteiger partial charge < -0.3 is 9.84 Å². The van der Waals surface area contributed by atoms with Crippen LogP contribution in [0.15, 0.2) is 41.1 Å². The lowest BCUT2D eigenvalue weighted by molar-refractivity contribution is 0.215. The summed E-state index contributed by atoms with van der Waals surface area (Å²) in [6, 6.07) is 7.66. The van der Waals surface area contributed by atoms with Gasteiger partial charge in [-0.05, 0) is 50.1 Å². The zero-order valence-electron chi connectivity index (χ0n) is 11.8. The molecule has 0 aliphatic rings. The van der Waals surface area contributed by atoms with E-state index in [1.54, 1.807) is 12.4 Å². The van der Waals surface area contributed by atoms with Gasteiger partial charge in [-0.1, -0.05) is 22.0 Å². The molecule has 2 aromatic rings. The minimum Gasteiger partial charge on any atom is -0.489 e. The highest BCUT2D eigenvalue weighted by atomic mass is 79.9. The van der Waals surface area contributed by atoms with Crippen molar-refractivity contribution in [3.05, 3.63) is 57.8 Å². The van der Waals surface area contributed by atoms with Crippen LogP contribution in [0.2, 0.25) is 0 Å². The number of nitrogens with zero attached hydrogens (tertiary/aromatic N) is 1. The van der Waals surface area contributed by atoms with Crippen molar-refractivity contribution in [1.29, 1.82) is 0 Å². The third-order valence-electron chi connectivity index (χ3n) is 2.95. The van der Waals surface area contributed by atoms with Crippen molar-refractivity contribution in [3.8, 4) is 5.75 Å². The number of aliphatic hydroxyl groups excluding tert-OH is 1. The first kappa shape index (κ1) is 15.0. The minimum absolute atomic E-state index is 0.0820. The lowest BCUT2D eigenvalue weighted by atomic mass is 9.99. The molecule has 1 heterocycles. The number of aryl methyl sites for hydroxylation is 1. The number of halogens is 1. The maximum Gasteiger partial charge on any atom is 0.138 e. The predicted molar refractivity (Wildman–Crippen MR) is 82.9 cm³/mol. The van der Waals surface area contributed by atoms with E-state index in [4.69, 9.17) is 4.74 Å². The molecule has 0 saturated carbocycles. The van der Waals surface area contributed by atoms with Crippen molar-refractivity contribution in [2.75, 3.05) is 0 Å². The van der Waals surface area contributed by atoms with Crippen molar-refractivity contribution in [3.63, 3.8) is 0 Å². The molecule has 0 bridgehead atoms. The van der Waals surface area contributed by atoms with Crippen LogP contribution in [-0.2, 0) is 0 Å². The summed E-state index contributed by atoms with van der Waals surface area (Å²) in [6.07, 6.45) is 2.70. The molecule has 0 aliphatic heterocycles. The third kappa shape index (κ3) is 3.58. The summed E-state index contributed by atoms with van der Waals surface area (Å²) >= 11 is 3.43. The Morgan fingerprint density at radius 1 is 1.20 bits per heavy atom. The van der Waals surface area contributed by atoms with E-state index >= 15 is 0 Å². The smallest absolute Gasteiger partial charge is 0.138 e. The SMILES string of the molecule is Cc1cc(Br)ccc1C(O)c1cncc(OC(C)C)c1. The fourth-order valence-corrected chi connectivity index (χ4v) is 2.52. The highest BCUT2D eigenvalue weighted by molar-refractivity contribution is 9.10. The van der Waals surface area contributed by atoms with Gasteiger partial charge in [0.2, 0.25) is 0 Å². The first-order chi connectivity index (χ1) is 9.47. The summed E-state index contributed by atoms with van der Waals surface area (Å²) in [4.78, 5) is 4.14. The Morgan fingerprint density at radius 3 is 2.60 bits per heavy atom. The molecule has 0 spiro atoms. The van der Waals surface area contributed by atoms with Crippen LogP contribution >= 0.6 is 15.9 Å². The molecular weight excluding hydrogens is 318 g/mol. The minimum atomic E-state index is -0.702. The fraction of sp³-hybridized carbons (Fsp3) is 0.312. The molecule has 0 saturated heterocycles. The molecule has 20 heavy (non-hydrogen) atoms. The molecule has 0 aliphatic carbocycles. The second-order valence-electron chi connectivity index (χ2n) is 5.02. The van der Waals surface area contributed by atoms with E-state index in [0.717, 1.165) is 21.2 Å². The number of hydrogen-bond donors (Lipinski definition) is 1. The van der Waals surface area contributed by atoms with Crippen LogP contribution in [-0.4, -0.2) is 16.2 Å². The van der Waals surface area contributed by atoms with Crippen molar-refractivity contribution >= 4 is 15.9 Å². The maximum atomic E-state index is 10.5. The van der Waals surface area contributed by atoms with Gasteiger partial charge in [-0.2, -0.15) is 0 Å². The first-order valence-electron chi connectivity index (χ1n) is 6.53. The zero-order valence-corrected chi connectivity index (χ0v) is 13.4. The number of rotatable bonds is 4. The van der Waals surface area contributed by atoms with E-state index in [9.17, 15) is 5.11 Å². The Morgan fingerprint density at radius 2 is 1.95 bits per heavy atom. The van der Waals surface area contributed by atoms with Crippen LogP contribution < -0.4 is 4.74 Å². The van der Waals surface area contributed by atoms with Gasteiger partial charge in [0.1, 0.15) is 11.9 Å². The normalized spacial score (nSPS) is 12.5. The average molecular weight is 336 g/mol. The number of pyridine rings is 1. The maximum absolute atomic E-state index is 10.5. The Bertz CT molecular complexity index is 599. The predicted octanol–water partition coefficient (Wildman–Crippen LogP) is 4.02. The van der Waals surface area contributed by atoms with Gasteiger partial charge in [0.25, 0.3) is 0 Å². The molecule has 0 radical (unpaired) electrons. The van der Waals surface area contributed by atoms with Gasteiger partial charge in [-0.25, -0.2) is 0 Å². The second kappa shape index (κ2) is 6.37. The summed E-state index contributed by atoms with van der Waals surface area (Å²) in [5.74, 6) is 0.673. The molecular formula is C16H18BrNO2. The number of aromatic nitrogens is 1. The fourth-order valence-electron chi connectivity index (χ4n) is 2.05. The highest BCUT2D eigenvalue weighted by Gasteiger charge is 2.14. The van der Waals surface area contributed by atoms with Gasteiger partial charge >= 0.3 is 0 Å². The highest BCUT2D eigenvalue weighted by Crippen LogP contribution is 2.28. The number of aliphatic hydroxyl groups is 1. The topological polar surface area (TPSA) is 42.4 Å². The first-order valence-corrected chi connectivity index (χ1v) is 7.32. The molecule has 4 heteroatoms. The van der Waals surface area contributed by atoms with Crippen molar-refractivity contribution < 1.29 is 9.84 Å². The van der Waals surface area contributed by atoms with Gasteiger partial charge in [0, 0.05) is 16.2 Å². The molecule has 106 valence electrons. The summed E-state index contributed by atoms with van der Waals surface area (Å²) < 4.78 is 6.61. The Hall–Kier alpha value is -1.39. The van der Waals surface area contributed by atoms with Crippen LogP contribution in [0.25, 0.3) is 0 Å². The van der Waals surface area contributed by atoms with Crippen molar-refractivity contribution in [2.45, 2.75) is 33.0 Å². The molecule has 1 atom stereocenters. The van der Waals surface area contributed by atoms with E-state index in [1.165, 1.54) is 0 Å². The zero-order chi connectivity index (χ0) is 14.7. The summed E-state index contributed by atoms with van der Waals surface area (Å²) in [6.45, 7) is 5.90. The lowest BCUT2D eigenvalue weighted by Crippen LogP contribution is -2.07. The lowest BCUT2D eigenvalue weighted by Gasteiger charge is -2.16. The number of benzene rings is 1. The van der Waals surface area contributed by atoms with Gasteiger partial charge in [-0.15, -0.1) is 0 Å². The Labute approximate surface area is 127 Å². The Kier molecular flexibility index (Phi) is 4.78. The third-order valence-corrected chi connectivity index (χ3v) is 3.44. The molecule has 2 rings (SSSR count). The van der Waals surface area contributed by atoms with E-state index in [1.807, 2.05) is 45.0 Å². The molecule has 0 amide bonds. The van der Waals surface area contributed by atoms with E-state index in [-0.39, 0.29) is 6.10 Å². The molecule has 1 aromatic carbocycles. The number of hydrogen-bond acceptors (Lipinski definition) is 3. The monoisotopic (exact) mass is 335 g/mol. The van der Waals surface area contributed by atoms with Gasteiger partial charge in [-0.3, -0.25) is 4.98 Å². The van der Waals surface area contributed by atoms with Crippen LogP contribution in [0, 0.1) is 6.92 Å². The van der Waals surface area contributed by atoms with Gasteiger partial charge in [0.15, 0.2) is 0 Å². The van der Waals surface area contributed by atoms with E-state index in [0.29, 0.717) is 5.75 Å². The van der Waals surface area contributed by atoms with Crippen LogP contribution in [0.3, 0.4) is 0 Å². The number of ether oxygens (including phenoxy) is 1. The molecule has 3 nitrogen and oxygen atoms in total. The average Bonchev–Trinajstić information content (AvgIpc) is 2.37. The Balaban J connectivity index is 2.30. The molecule has 0 fully saturated rings. The van der Waals surface area contributed by atoms with E-state index in [2.05, 4.69) is 20.9 Å². The summed E-state index contributed by atoms with van der Waals surface area (Å²) in [5, 5.41) is 10.5. The quantitative estimate of drug-likeness (QED) is 0.917. The van der Waals surface area contributed by atoms with Crippen LogP contribution in [0.1, 0.15) is 36.6 Å². The second-order valence-corrected chi connectivity index (χ2v) is 5.94. The molecule has 1 N–H and O–H groups in total. The van der Waals surface area contributed by atoms with Crippen LogP contribution in [0.5, 0.6) is 5.75 Å². The summed E-state index contributed by atoms with van der Waals surface area (Å²) in [7, 11) is 0. The largest absolute Gasteiger partial charge is 0.489 e. The molecule has 1 aromatic heterocycles.